The predicted octanol–water partition coefficient (Wildman–Crippen LogP) is 3.86. The van der Waals surface area contributed by atoms with Crippen molar-refractivity contribution in [3.8, 4) is 5.75 Å². The van der Waals surface area contributed by atoms with E-state index in [1.165, 1.54) is 16.2 Å². The van der Waals surface area contributed by atoms with E-state index >= 15 is 0 Å². The molecule has 0 radical (unpaired) electrons. The van der Waals surface area contributed by atoms with Crippen LogP contribution >= 0.6 is 11.3 Å². The smallest absolute Gasteiger partial charge is 0.341 e. The second-order valence-corrected chi connectivity index (χ2v) is 7.37. The van der Waals surface area contributed by atoms with Crippen LogP contribution in [0.4, 0.5) is 10.7 Å². The van der Waals surface area contributed by atoms with Gasteiger partial charge in [0.15, 0.2) is 0 Å². The molecule has 0 unspecified atom stereocenters. The second kappa shape index (κ2) is 8.90. The van der Waals surface area contributed by atoms with Gasteiger partial charge >= 0.3 is 5.97 Å². The number of nitrogens with one attached hydrogen (secondary N) is 2. The molecule has 0 aliphatic heterocycles. The Balaban J connectivity index is 1.69. The molecule has 1 amide bonds. The zero-order valence-electron chi connectivity index (χ0n) is 15.6. The minimum absolute atomic E-state index is 0.108. The normalized spacial score (nSPS) is 12.8. The average molecular weight is 388 g/mol. The lowest BCUT2D eigenvalue weighted by molar-refractivity contribution is -0.114. The largest absolute Gasteiger partial charge is 0.497 e. The molecule has 1 aromatic heterocycles. The fraction of sp³-hybridized carbons (Fsp3) is 0.400. The van der Waals surface area contributed by atoms with Crippen LogP contribution in [0.5, 0.6) is 5.75 Å². The number of amides is 1. The molecule has 144 valence electrons. The summed E-state index contributed by atoms with van der Waals surface area (Å²) in [6.45, 7) is 2.21. The van der Waals surface area contributed by atoms with E-state index in [0.717, 1.165) is 42.7 Å². The van der Waals surface area contributed by atoms with Crippen molar-refractivity contribution in [2.45, 2.75) is 32.6 Å². The van der Waals surface area contributed by atoms with E-state index in [2.05, 4.69) is 10.6 Å². The Hall–Kier alpha value is -2.54. The minimum Gasteiger partial charge on any atom is -0.497 e. The van der Waals surface area contributed by atoms with Gasteiger partial charge in [-0.3, -0.25) is 4.79 Å². The third-order valence-electron chi connectivity index (χ3n) is 4.45. The second-order valence-electron chi connectivity index (χ2n) is 6.27. The molecular formula is C20H24N2O4S. The standard InChI is InChI=1S/C20H24N2O4S/c1-3-26-20(24)18-15-6-4-5-7-16(15)27-19(18)22-17(23)12-21-13-8-10-14(25-2)11-9-13/h8-11,21H,3-7,12H2,1-2H3,(H,22,23). The van der Waals surface area contributed by atoms with E-state index < -0.39 is 0 Å². The molecule has 0 atom stereocenters. The Bertz CT molecular complexity index is 814. The molecular weight excluding hydrogens is 364 g/mol. The number of benzene rings is 1. The highest BCUT2D eigenvalue weighted by atomic mass is 32.1. The molecule has 0 bridgehead atoms. The van der Waals surface area contributed by atoms with Crippen molar-refractivity contribution in [1.82, 2.24) is 0 Å². The third-order valence-corrected chi connectivity index (χ3v) is 5.65. The number of hydrogen-bond donors (Lipinski definition) is 2. The maximum absolute atomic E-state index is 12.4. The monoisotopic (exact) mass is 388 g/mol. The van der Waals surface area contributed by atoms with Gasteiger partial charge < -0.3 is 20.1 Å². The van der Waals surface area contributed by atoms with Gasteiger partial charge in [0.1, 0.15) is 10.8 Å². The summed E-state index contributed by atoms with van der Waals surface area (Å²) in [4.78, 5) is 26.0. The van der Waals surface area contributed by atoms with Crippen LogP contribution in [0.25, 0.3) is 0 Å². The van der Waals surface area contributed by atoms with Gasteiger partial charge in [0.25, 0.3) is 0 Å². The molecule has 2 aromatic rings. The Morgan fingerprint density at radius 3 is 2.59 bits per heavy atom. The number of carbonyl (C=O) groups is 2. The molecule has 0 fully saturated rings. The van der Waals surface area contributed by atoms with Crippen LogP contribution in [0.2, 0.25) is 0 Å². The molecule has 1 heterocycles. The molecule has 6 nitrogen and oxygen atoms in total. The first-order valence-electron chi connectivity index (χ1n) is 9.11. The minimum atomic E-state index is -0.352. The summed E-state index contributed by atoms with van der Waals surface area (Å²) in [6, 6.07) is 7.35. The van der Waals surface area contributed by atoms with Gasteiger partial charge in [0.2, 0.25) is 5.91 Å². The van der Waals surface area contributed by atoms with Gasteiger partial charge in [-0.25, -0.2) is 4.79 Å². The van der Waals surface area contributed by atoms with Gasteiger partial charge in [0.05, 0.1) is 25.8 Å². The van der Waals surface area contributed by atoms with E-state index in [9.17, 15) is 9.59 Å². The van der Waals surface area contributed by atoms with E-state index in [1.807, 2.05) is 24.3 Å². The first-order valence-corrected chi connectivity index (χ1v) is 9.93. The number of fused-ring (bicyclic) bond motifs is 1. The van der Waals surface area contributed by atoms with Crippen LogP contribution in [-0.4, -0.2) is 32.1 Å². The maximum atomic E-state index is 12.4. The summed E-state index contributed by atoms with van der Waals surface area (Å²) < 4.78 is 10.3. The first kappa shape index (κ1) is 19.2. The predicted molar refractivity (Wildman–Crippen MR) is 107 cm³/mol. The van der Waals surface area contributed by atoms with Crippen LogP contribution in [0.1, 0.15) is 40.6 Å². The zero-order chi connectivity index (χ0) is 19.2. The van der Waals surface area contributed by atoms with Crippen molar-refractivity contribution < 1.29 is 19.1 Å². The van der Waals surface area contributed by atoms with Crippen molar-refractivity contribution in [3.05, 3.63) is 40.3 Å². The number of carbonyl (C=O) groups excluding carboxylic acids is 2. The molecule has 1 aliphatic carbocycles. The van der Waals surface area contributed by atoms with Crippen molar-refractivity contribution in [2.75, 3.05) is 30.9 Å². The summed E-state index contributed by atoms with van der Waals surface area (Å²) in [5, 5.41) is 6.56. The van der Waals surface area contributed by atoms with Crippen molar-refractivity contribution in [1.29, 1.82) is 0 Å². The van der Waals surface area contributed by atoms with Gasteiger partial charge in [0, 0.05) is 10.6 Å². The summed E-state index contributed by atoms with van der Waals surface area (Å²) in [7, 11) is 1.61. The zero-order valence-corrected chi connectivity index (χ0v) is 16.4. The molecule has 0 saturated carbocycles. The highest BCUT2D eigenvalue weighted by molar-refractivity contribution is 7.17. The Morgan fingerprint density at radius 2 is 1.89 bits per heavy atom. The number of methoxy groups -OCH3 is 1. The van der Waals surface area contributed by atoms with Crippen molar-refractivity contribution >= 4 is 33.9 Å². The number of aryl methyl sites for hydroxylation is 1. The molecule has 1 aliphatic rings. The number of hydrogen-bond acceptors (Lipinski definition) is 6. The highest BCUT2D eigenvalue weighted by Crippen LogP contribution is 2.38. The molecule has 1 aromatic carbocycles. The number of rotatable bonds is 7. The maximum Gasteiger partial charge on any atom is 0.341 e. The first-order chi connectivity index (χ1) is 13.1. The van der Waals surface area contributed by atoms with Gasteiger partial charge in [-0.1, -0.05) is 0 Å². The molecule has 3 rings (SSSR count). The average Bonchev–Trinajstić information content (AvgIpc) is 3.04. The van der Waals surface area contributed by atoms with Crippen LogP contribution in [0.3, 0.4) is 0 Å². The number of esters is 1. The van der Waals surface area contributed by atoms with Crippen LogP contribution < -0.4 is 15.4 Å². The van der Waals surface area contributed by atoms with Crippen LogP contribution in [0, 0.1) is 0 Å². The van der Waals surface area contributed by atoms with Crippen molar-refractivity contribution in [2.24, 2.45) is 0 Å². The van der Waals surface area contributed by atoms with E-state index in [-0.39, 0.29) is 18.4 Å². The summed E-state index contributed by atoms with van der Waals surface area (Å²) in [5.74, 6) is 0.207. The SMILES string of the molecule is CCOC(=O)c1c(NC(=O)CNc2ccc(OC)cc2)sc2c1CCCC2. The van der Waals surface area contributed by atoms with Gasteiger partial charge in [-0.2, -0.15) is 0 Å². The van der Waals surface area contributed by atoms with Gasteiger partial charge in [-0.15, -0.1) is 11.3 Å². The Morgan fingerprint density at radius 1 is 1.15 bits per heavy atom. The summed E-state index contributed by atoms with van der Waals surface area (Å²) in [6.07, 6.45) is 3.98. The number of ether oxygens (including phenoxy) is 2. The van der Waals surface area contributed by atoms with Crippen molar-refractivity contribution in [3.63, 3.8) is 0 Å². The van der Waals surface area contributed by atoms with E-state index in [4.69, 9.17) is 9.47 Å². The molecule has 7 heteroatoms. The van der Waals surface area contributed by atoms with Crippen LogP contribution in [0.15, 0.2) is 24.3 Å². The lowest BCUT2D eigenvalue weighted by atomic mass is 9.95. The highest BCUT2D eigenvalue weighted by Gasteiger charge is 2.27. The number of anilines is 2. The lowest BCUT2D eigenvalue weighted by Crippen LogP contribution is -2.22. The number of thiophene rings is 1. The van der Waals surface area contributed by atoms with E-state index in [0.29, 0.717) is 17.2 Å². The van der Waals surface area contributed by atoms with Crippen LogP contribution in [-0.2, 0) is 22.4 Å². The summed E-state index contributed by atoms with van der Waals surface area (Å²) in [5.41, 5.74) is 2.40. The quantitative estimate of drug-likeness (QED) is 0.705. The third kappa shape index (κ3) is 4.60. The fourth-order valence-corrected chi connectivity index (χ4v) is 4.43. The summed E-state index contributed by atoms with van der Waals surface area (Å²) >= 11 is 1.49. The molecule has 0 saturated heterocycles. The van der Waals surface area contributed by atoms with Gasteiger partial charge in [-0.05, 0) is 62.4 Å². The Kier molecular flexibility index (Phi) is 6.34. The molecule has 27 heavy (non-hydrogen) atoms. The fourth-order valence-electron chi connectivity index (χ4n) is 3.14. The molecule has 0 spiro atoms. The lowest BCUT2D eigenvalue weighted by Gasteiger charge is -2.12. The molecule has 2 N–H and O–H groups in total. The topological polar surface area (TPSA) is 76.7 Å². The Labute approximate surface area is 162 Å². The van der Waals surface area contributed by atoms with E-state index in [1.54, 1.807) is 14.0 Å².